The summed E-state index contributed by atoms with van der Waals surface area (Å²) in [4.78, 5) is 51.2. The van der Waals surface area contributed by atoms with Gasteiger partial charge in [-0.2, -0.15) is 0 Å². The molecule has 8 heteroatoms. The second kappa shape index (κ2) is 24.0. The van der Waals surface area contributed by atoms with Crippen LogP contribution in [0, 0.1) is 0 Å². The van der Waals surface area contributed by atoms with Crippen molar-refractivity contribution in [3.8, 4) is 0 Å². The van der Waals surface area contributed by atoms with Crippen molar-refractivity contribution in [1.82, 2.24) is 10.6 Å². The fourth-order valence-corrected chi connectivity index (χ4v) is 7.19. The summed E-state index contributed by atoms with van der Waals surface area (Å²) in [6, 6.07) is 61.4. The van der Waals surface area contributed by atoms with Crippen molar-refractivity contribution in [3.05, 3.63) is 228 Å². The lowest BCUT2D eigenvalue weighted by atomic mass is 10.0. The van der Waals surface area contributed by atoms with Crippen LogP contribution < -0.4 is 21.3 Å². The zero-order chi connectivity index (χ0) is 44.9. The average Bonchev–Trinajstić information content (AvgIpc) is 3.35. The first kappa shape index (κ1) is 45.7. The minimum atomic E-state index is -0.241. The molecule has 0 atom stereocenters. The van der Waals surface area contributed by atoms with Gasteiger partial charge in [-0.15, -0.1) is 0 Å². The maximum atomic E-state index is 13.0. The van der Waals surface area contributed by atoms with Gasteiger partial charge >= 0.3 is 0 Å². The predicted octanol–water partition coefficient (Wildman–Crippen LogP) is 11.9. The topological polar surface area (TPSA) is 116 Å². The Hall–Kier alpha value is -7.84. The Morgan fingerprint density at radius 2 is 0.812 bits per heavy atom. The second-order valence-corrected chi connectivity index (χ2v) is 14.8. The van der Waals surface area contributed by atoms with Gasteiger partial charge in [-0.1, -0.05) is 166 Å². The number of carbonyl (C=O) groups excluding carboxylic acids is 4. The lowest BCUT2D eigenvalue weighted by Crippen LogP contribution is -2.26. The molecule has 0 heterocycles. The van der Waals surface area contributed by atoms with E-state index < -0.39 is 0 Å². The molecular weight excluding hydrogens is 793 g/mol. The number of rotatable bonds is 14. The highest BCUT2D eigenvalue weighted by Crippen LogP contribution is 2.23. The Morgan fingerprint density at radius 3 is 1.39 bits per heavy atom. The zero-order valence-electron chi connectivity index (χ0n) is 36.4. The van der Waals surface area contributed by atoms with E-state index in [9.17, 15) is 19.2 Å². The summed E-state index contributed by atoms with van der Waals surface area (Å²) < 4.78 is 0. The van der Waals surface area contributed by atoms with Crippen LogP contribution in [-0.4, -0.2) is 36.7 Å². The third kappa shape index (κ3) is 12.8. The molecule has 0 saturated carbocycles. The van der Waals surface area contributed by atoms with Crippen molar-refractivity contribution in [2.24, 2.45) is 0 Å². The Bertz CT molecular complexity index is 2780. The van der Waals surface area contributed by atoms with Gasteiger partial charge in [0.15, 0.2) is 0 Å². The molecule has 0 fully saturated rings. The highest BCUT2D eigenvalue weighted by Gasteiger charge is 2.16. The molecule has 0 aromatic heterocycles. The normalized spacial score (nSPS) is 10.3. The smallest absolute Gasteiger partial charge is 0.256 e. The highest BCUT2D eigenvalue weighted by molar-refractivity contribution is 6.15. The van der Waals surface area contributed by atoms with Crippen LogP contribution in [0.1, 0.15) is 79.2 Å². The molecule has 8 aromatic rings. The molecule has 0 aliphatic carbocycles. The van der Waals surface area contributed by atoms with Gasteiger partial charge < -0.3 is 21.3 Å². The molecule has 8 rings (SSSR count). The number of benzene rings is 8. The SMILES string of the molecule is CC.O=C(NCCCc1ccccc1)c1ccccc1NC(=O)c1cccc2ccccc12.O=C(Nc1ccccc1C(=O)NCCCc1ccccc1)c1ccc2ccccc2c1. The lowest BCUT2D eigenvalue weighted by Gasteiger charge is -2.12. The molecule has 322 valence electrons. The number of hydrogen-bond acceptors (Lipinski definition) is 4. The molecular formula is C56H54N4O4. The summed E-state index contributed by atoms with van der Waals surface area (Å²) in [5, 5.41) is 15.7. The van der Waals surface area contributed by atoms with Gasteiger partial charge in [0, 0.05) is 24.2 Å². The molecule has 4 amide bonds. The molecule has 4 N–H and O–H groups in total. The fraction of sp³-hybridized carbons (Fsp3) is 0.143. The number of fused-ring (bicyclic) bond motifs is 2. The Kier molecular flexibility index (Phi) is 17.1. The number of hydrogen-bond donors (Lipinski definition) is 4. The van der Waals surface area contributed by atoms with Gasteiger partial charge in [0.2, 0.25) is 0 Å². The number of carbonyl (C=O) groups is 4. The van der Waals surface area contributed by atoms with Crippen LogP contribution in [0.5, 0.6) is 0 Å². The van der Waals surface area contributed by atoms with Gasteiger partial charge in [0.05, 0.1) is 22.5 Å². The van der Waals surface area contributed by atoms with Crippen molar-refractivity contribution in [1.29, 1.82) is 0 Å². The zero-order valence-corrected chi connectivity index (χ0v) is 36.4. The predicted molar refractivity (Wildman–Crippen MR) is 262 cm³/mol. The largest absolute Gasteiger partial charge is 0.352 e. The van der Waals surface area contributed by atoms with E-state index in [1.54, 1.807) is 48.5 Å². The molecule has 8 aromatic carbocycles. The molecule has 0 aliphatic rings. The molecule has 0 bridgehead atoms. The van der Waals surface area contributed by atoms with E-state index in [4.69, 9.17) is 0 Å². The maximum absolute atomic E-state index is 13.0. The average molecular weight is 847 g/mol. The molecule has 0 saturated heterocycles. The van der Waals surface area contributed by atoms with E-state index >= 15 is 0 Å². The van der Waals surface area contributed by atoms with Gasteiger partial charge in [0.25, 0.3) is 23.6 Å². The van der Waals surface area contributed by atoms with Crippen molar-refractivity contribution in [2.75, 3.05) is 23.7 Å². The number of amides is 4. The first-order valence-electron chi connectivity index (χ1n) is 21.8. The van der Waals surface area contributed by atoms with Crippen LogP contribution in [0.25, 0.3) is 21.5 Å². The van der Waals surface area contributed by atoms with E-state index in [2.05, 4.69) is 45.5 Å². The minimum Gasteiger partial charge on any atom is -0.352 e. The molecule has 0 aliphatic heterocycles. The summed E-state index contributed by atoms with van der Waals surface area (Å²) in [5.74, 6) is -0.861. The van der Waals surface area contributed by atoms with Gasteiger partial charge in [-0.25, -0.2) is 0 Å². The summed E-state index contributed by atoms with van der Waals surface area (Å²) in [7, 11) is 0. The van der Waals surface area contributed by atoms with E-state index in [0.29, 0.717) is 46.7 Å². The van der Waals surface area contributed by atoms with Gasteiger partial charge in [0.1, 0.15) is 0 Å². The number of nitrogens with one attached hydrogen (secondary N) is 4. The summed E-state index contributed by atoms with van der Waals surface area (Å²) >= 11 is 0. The molecule has 0 spiro atoms. The van der Waals surface area contributed by atoms with E-state index in [1.807, 2.05) is 135 Å². The highest BCUT2D eigenvalue weighted by atomic mass is 16.2. The third-order valence-corrected chi connectivity index (χ3v) is 10.4. The maximum Gasteiger partial charge on any atom is 0.256 e. The van der Waals surface area contributed by atoms with Crippen LogP contribution in [0.3, 0.4) is 0 Å². The number of anilines is 2. The molecule has 8 nitrogen and oxygen atoms in total. The van der Waals surface area contributed by atoms with Crippen molar-refractivity contribution in [2.45, 2.75) is 39.5 Å². The monoisotopic (exact) mass is 846 g/mol. The van der Waals surface area contributed by atoms with Crippen molar-refractivity contribution < 1.29 is 19.2 Å². The van der Waals surface area contributed by atoms with E-state index in [1.165, 1.54) is 11.1 Å². The van der Waals surface area contributed by atoms with Crippen LogP contribution in [0.15, 0.2) is 194 Å². The van der Waals surface area contributed by atoms with Crippen molar-refractivity contribution in [3.63, 3.8) is 0 Å². The summed E-state index contributed by atoms with van der Waals surface area (Å²) in [6.07, 6.45) is 3.50. The van der Waals surface area contributed by atoms with Crippen LogP contribution in [0.4, 0.5) is 11.4 Å². The summed E-state index contributed by atoms with van der Waals surface area (Å²) in [5.41, 5.74) is 5.54. The Balaban J connectivity index is 0.000000205. The number of aryl methyl sites for hydroxylation is 2. The van der Waals surface area contributed by atoms with Crippen molar-refractivity contribution >= 4 is 56.5 Å². The van der Waals surface area contributed by atoms with E-state index in [0.717, 1.165) is 47.2 Å². The lowest BCUT2D eigenvalue weighted by molar-refractivity contribution is 0.0945. The summed E-state index contributed by atoms with van der Waals surface area (Å²) in [6.45, 7) is 5.14. The third-order valence-electron chi connectivity index (χ3n) is 10.4. The molecule has 64 heavy (non-hydrogen) atoms. The minimum absolute atomic E-state index is 0.192. The molecule has 0 unspecified atom stereocenters. The van der Waals surface area contributed by atoms with Gasteiger partial charge in [-0.3, -0.25) is 19.2 Å². The Morgan fingerprint density at radius 1 is 0.375 bits per heavy atom. The first-order valence-corrected chi connectivity index (χ1v) is 21.8. The fourth-order valence-electron chi connectivity index (χ4n) is 7.19. The first-order chi connectivity index (χ1) is 31.4. The van der Waals surface area contributed by atoms with Crippen LogP contribution >= 0.6 is 0 Å². The van der Waals surface area contributed by atoms with Crippen LogP contribution in [0.2, 0.25) is 0 Å². The van der Waals surface area contributed by atoms with Crippen LogP contribution in [-0.2, 0) is 12.8 Å². The van der Waals surface area contributed by atoms with E-state index in [-0.39, 0.29) is 23.6 Å². The second-order valence-electron chi connectivity index (χ2n) is 14.8. The molecule has 0 radical (unpaired) electrons. The Labute approximate surface area is 375 Å². The van der Waals surface area contributed by atoms with Gasteiger partial charge in [-0.05, 0) is 101 Å². The number of para-hydroxylation sites is 2. The standard InChI is InChI=1S/2C27H24N2O2.C2H6/c30-26(28-19-9-12-20-10-2-1-3-11-20)24-16-6-7-18-25(24)29-27(31)23-17-8-14-21-13-4-5-15-22(21)23;30-26(23-17-16-21-12-4-5-13-22(21)19-23)29-25-15-7-6-14-24(25)27(31)28-18-8-11-20-9-2-1-3-10-20;1-2/h1-8,10-11,13-18H,9,12,19H2,(H,28,30)(H,29,31);1-7,9-10,12-17,19H,8,11,18H2,(H,28,31)(H,29,30);1-2H3. The quantitative estimate of drug-likeness (QED) is 0.0816.